The van der Waals surface area contributed by atoms with Crippen LogP contribution in [-0.4, -0.2) is 42.4 Å². The van der Waals surface area contributed by atoms with Crippen LogP contribution < -0.4 is 24.4 Å². The molecule has 0 amide bonds. The summed E-state index contributed by atoms with van der Waals surface area (Å²) < 4.78 is 24.0. The average molecular weight is 609 g/mol. The minimum absolute atomic E-state index is 0.0196. The normalized spacial score (nSPS) is 14.8. The second-order valence-corrected chi connectivity index (χ2v) is 10.5. The lowest BCUT2D eigenvalue weighted by atomic mass is 9.95. The number of carbonyl (C=O) groups excluding carboxylic acids is 1. The van der Waals surface area contributed by atoms with Gasteiger partial charge in [0, 0.05) is 23.3 Å². The molecule has 0 radical (unpaired) electrons. The molecular weight excluding hydrogens is 584 g/mol. The largest absolute Gasteiger partial charge is 0.497 e. The number of allylic oxidation sites excluding steroid dienone is 1. The zero-order chi connectivity index (χ0) is 30.1. The third kappa shape index (κ3) is 5.24. The highest BCUT2D eigenvalue weighted by Gasteiger charge is 2.35. The van der Waals surface area contributed by atoms with E-state index < -0.39 is 18.0 Å². The molecule has 1 atom stereocenters. The Labute approximate surface area is 248 Å². The molecule has 2 aromatic heterocycles. The SMILES string of the molecule is CCOC(=O)C1=C(C)N=c2sc(=Cc3ccc(-c4ccc(C(=O)O)c(Cl)c4)o3)c(=O)n2C1c1ccc(OC)cc1OC. The summed E-state index contributed by atoms with van der Waals surface area (Å²) in [5.41, 5.74) is 1.38. The second kappa shape index (κ2) is 11.7. The van der Waals surface area contributed by atoms with Gasteiger partial charge in [-0.2, -0.15) is 0 Å². The van der Waals surface area contributed by atoms with Crippen molar-refractivity contribution in [2.45, 2.75) is 19.9 Å². The maximum absolute atomic E-state index is 13.9. The van der Waals surface area contributed by atoms with E-state index in [0.29, 0.717) is 49.2 Å². The molecule has 2 aromatic carbocycles. The summed E-state index contributed by atoms with van der Waals surface area (Å²) in [6.45, 7) is 3.56. The van der Waals surface area contributed by atoms with Crippen molar-refractivity contribution in [1.82, 2.24) is 4.57 Å². The van der Waals surface area contributed by atoms with Gasteiger partial charge in [-0.3, -0.25) is 9.36 Å². The van der Waals surface area contributed by atoms with Crippen molar-refractivity contribution in [2.75, 3.05) is 20.8 Å². The number of furan rings is 1. The highest BCUT2D eigenvalue weighted by molar-refractivity contribution is 7.07. The second-order valence-electron chi connectivity index (χ2n) is 9.11. The first-order valence-electron chi connectivity index (χ1n) is 12.7. The third-order valence-electron chi connectivity index (χ3n) is 6.64. The minimum Gasteiger partial charge on any atom is -0.497 e. The Bertz CT molecular complexity index is 1930. The van der Waals surface area contributed by atoms with Crippen molar-refractivity contribution >= 4 is 41.0 Å². The number of aromatic nitrogens is 1. The highest BCUT2D eigenvalue weighted by atomic mass is 35.5. The number of aromatic carboxylic acids is 1. The van der Waals surface area contributed by atoms with Crippen LogP contribution in [0.1, 0.15) is 41.6 Å². The van der Waals surface area contributed by atoms with Crippen LogP contribution in [0.15, 0.2) is 74.0 Å². The van der Waals surface area contributed by atoms with E-state index in [1.165, 1.54) is 30.9 Å². The van der Waals surface area contributed by atoms with Crippen LogP contribution >= 0.6 is 22.9 Å². The molecule has 0 bridgehead atoms. The van der Waals surface area contributed by atoms with E-state index in [0.717, 1.165) is 11.3 Å². The molecule has 1 aliphatic heterocycles. The number of fused-ring (bicyclic) bond motifs is 1. The molecule has 42 heavy (non-hydrogen) atoms. The Morgan fingerprint density at radius 3 is 2.60 bits per heavy atom. The molecule has 0 aliphatic carbocycles. The third-order valence-corrected chi connectivity index (χ3v) is 7.93. The number of hydrogen-bond donors (Lipinski definition) is 1. The lowest BCUT2D eigenvalue weighted by Gasteiger charge is -2.26. The molecule has 0 fully saturated rings. The van der Waals surface area contributed by atoms with Gasteiger partial charge >= 0.3 is 11.9 Å². The van der Waals surface area contributed by atoms with Gasteiger partial charge in [0.15, 0.2) is 4.80 Å². The first-order chi connectivity index (χ1) is 20.2. The topological polar surface area (TPSA) is 130 Å². The van der Waals surface area contributed by atoms with Gasteiger partial charge in [-0.25, -0.2) is 14.6 Å². The highest BCUT2D eigenvalue weighted by Crippen LogP contribution is 2.37. The fourth-order valence-electron chi connectivity index (χ4n) is 4.69. The predicted octanol–water partition coefficient (Wildman–Crippen LogP) is 4.43. The van der Waals surface area contributed by atoms with Gasteiger partial charge < -0.3 is 23.7 Å². The van der Waals surface area contributed by atoms with Crippen LogP contribution in [0.2, 0.25) is 5.02 Å². The lowest BCUT2D eigenvalue weighted by molar-refractivity contribution is -0.139. The van der Waals surface area contributed by atoms with Gasteiger partial charge in [-0.1, -0.05) is 29.0 Å². The van der Waals surface area contributed by atoms with Gasteiger partial charge in [-0.05, 0) is 50.2 Å². The van der Waals surface area contributed by atoms with E-state index >= 15 is 0 Å². The van der Waals surface area contributed by atoms with Crippen molar-refractivity contribution in [2.24, 2.45) is 4.99 Å². The number of hydrogen-bond acceptors (Lipinski definition) is 9. The van der Waals surface area contributed by atoms with E-state index in [1.54, 1.807) is 56.3 Å². The van der Waals surface area contributed by atoms with E-state index in [-0.39, 0.29) is 28.3 Å². The molecule has 4 aromatic rings. The number of halogens is 1. The summed E-state index contributed by atoms with van der Waals surface area (Å²) in [6, 6.07) is 12.2. The predicted molar refractivity (Wildman–Crippen MR) is 156 cm³/mol. The van der Waals surface area contributed by atoms with Crippen molar-refractivity contribution in [3.63, 3.8) is 0 Å². The van der Waals surface area contributed by atoms with Crippen molar-refractivity contribution in [3.8, 4) is 22.8 Å². The summed E-state index contributed by atoms with van der Waals surface area (Å²) >= 11 is 7.27. The zero-order valence-electron chi connectivity index (χ0n) is 23.0. The number of benzene rings is 2. The molecule has 5 rings (SSSR count). The molecule has 0 spiro atoms. The Morgan fingerprint density at radius 2 is 1.93 bits per heavy atom. The number of carbonyl (C=O) groups is 2. The van der Waals surface area contributed by atoms with Crippen LogP contribution in [0.25, 0.3) is 17.4 Å². The fourth-order valence-corrected chi connectivity index (χ4v) is 5.97. The molecule has 1 N–H and O–H groups in total. The molecule has 1 unspecified atom stereocenters. The maximum Gasteiger partial charge on any atom is 0.338 e. The molecular formula is C30H25ClN2O8S. The summed E-state index contributed by atoms with van der Waals surface area (Å²) in [4.78, 5) is 43.3. The number of ether oxygens (including phenoxy) is 3. The summed E-state index contributed by atoms with van der Waals surface area (Å²) in [6.07, 6.45) is 1.59. The van der Waals surface area contributed by atoms with Crippen LogP contribution in [0.3, 0.4) is 0 Å². The lowest BCUT2D eigenvalue weighted by Crippen LogP contribution is -2.40. The Kier molecular flexibility index (Phi) is 8.06. The van der Waals surface area contributed by atoms with E-state index in [4.69, 9.17) is 30.2 Å². The standard InChI is InChI=1S/C30H25ClN2O8S/c1-5-40-29(37)25-15(2)32-30-33(26(25)20-10-7-17(38-3)13-23(20)39-4)27(34)24(42-30)14-18-8-11-22(41-18)16-6-9-19(28(35)36)21(31)12-16/h6-14,26H,5H2,1-4H3,(H,35,36). The summed E-state index contributed by atoms with van der Waals surface area (Å²) in [7, 11) is 3.03. The van der Waals surface area contributed by atoms with Crippen molar-refractivity contribution < 1.29 is 33.3 Å². The number of nitrogens with zero attached hydrogens (tertiary/aromatic N) is 2. The zero-order valence-corrected chi connectivity index (χ0v) is 24.5. The Morgan fingerprint density at radius 1 is 1.14 bits per heavy atom. The van der Waals surface area contributed by atoms with Crippen molar-refractivity contribution in [1.29, 1.82) is 0 Å². The monoisotopic (exact) mass is 608 g/mol. The molecule has 216 valence electrons. The van der Waals surface area contributed by atoms with Crippen molar-refractivity contribution in [3.05, 3.63) is 101 Å². The van der Waals surface area contributed by atoms with Gasteiger partial charge in [0.25, 0.3) is 5.56 Å². The first kappa shape index (κ1) is 28.9. The maximum atomic E-state index is 13.9. The molecule has 1 aliphatic rings. The van der Waals surface area contributed by atoms with E-state index in [1.807, 2.05) is 0 Å². The quantitative estimate of drug-likeness (QED) is 0.291. The number of rotatable bonds is 8. The molecule has 10 nitrogen and oxygen atoms in total. The number of methoxy groups -OCH3 is 2. The van der Waals surface area contributed by atoms with E-state index in [2.05, 4.69) is 4.99 Å². The van der Waals surface area contributed by atoms with Gasteiger partial charge in [-0.15, -0.1) is 0 Å². The number of carboxylic acids is 1. The number of carboxylic acid groups (broad SMARTS) is 1. The molecule has 0 saturated heterocycles. The Balaban J connectivity index is 1.64. The Hall–Kier alpha value is -4.61. The van der Waals surface area contributed by atoms with E-state index in [9.17, 15) is 19.5 Å². The van der Waals surface area contributed by atoms with Crippen LogP contribution in [0.4, 0.5) is 0 Å². The van der Waals surface area contributed by atoms with Gasteiger partial charge in [0.2, 0.25) is 0 Å². The van der Waals surface area contributed by atoms with Crippen LogP contribution in [0.5, 0.6) is 11.5 Å². The molecule has 12 heteroatoms. The summed E-state index contributed by atoms with van der Waals surface area (Å²) in [5.74, 6) is 0.0819. The van der Waals surface area contributed by atoms with Gasteiger partial charge in [0.1, 0.15) is 29.1 Å². The number of esters is 1. The van der Waals surface area contributed by atoms with Crippen LogP contribution in [-0.2, 0) is 9.53 Å². The van der Waals surface area contributed by atoms with Crippen LogP contribution in [0, 0.1) is 0 Å². The molecule has 3 heterocycles. The fraction of sp³-hybridized carbons (Fsp3) is 0.200. The molecule has 0 saturated carbocycles. The smallest absolute Gasteiger partial charge is 0.338 e. The van der Waals surface area contributed by atoms with Gasteiger partial charge in [0.05, 0.1) is 47.2 Å². The number of thiazole rings is 1. The summed E-state index contributed by atoms with van der Waals surface area (Å²) in [5, 5.41) is 9.31. The minimum atomic E-state index is -1.13. The first-order valence-corrected chi connectivity index (χ1v) is 13.9. The average Bonchev–Trinajstić information content (AvgIpc) is 3.56.